The van der Waals surface area contributed by atoms with Crippen molar-refractivity contribution < 1.29 is 23.1 Å². The van der Waals surface area contributed by atoms with Gasteiger partial charge in [-0.15, -0.1) is 0 Å². The van der Waals surface area contributed by atoms with E-state index in [0.717, 1.165) is 17.0 Å². The number of aliphatic hydroxyl groups is 1. The molecule has 1 aromatic heterocycles. The number of pyridine rings is 1. The molecule has 6 nitrogen and oxygen atoms in total. The minimum atomic E-state index is -4.64. The van der Waals surface area contributed by atoms with Gasteiger partial charge in [0.05, 0.1) is 29.3 Å². The van der Waals surface area contributed by atoms with E-state index in [2.05, 4.69) is 4.98 Å². The number of likely N-dealkylation sites (tertiary alicyclic amines) is 1. The molecule has 0 aliphatic carbocycles. The quantitative estimate of drug-likeness (QED) is 0.611. The molecule has 2 aliphatic rings. The van der Waals surface area contributed by atoms with Crippen molar-refractivity contribution in [1.82, 2.24) is 9.88 Å². The SMILES string of the molecule is N#Cc1ccc(N2CC3CN(C(=O)c4ccc5ccccc5n4)CCC3(CO)C2)cc1C(F)(F)F. The van der Waals surface area contributed by atoms with E-state index in [4.69, 9.17) is 5.26 Å². The zero-order valence-corrected chi connectivity index (χ0v) is 18.8. The number of nitrogens with zero attached hydrogens (tertiary/aromatic N) is 4. The van der Waals surface area contributed by atoms with Gasteiger partial charge in [-0.1, -0.05) is 24.3 Å². The van der Waals surface area contributed by atoms with Crippen LogP contribution in [0.4, 0.5) is 18.9 Å². The molecule has 2 aliphatic heterocycles. The lowest BCUT2D eigenvalue weighted by molar-refractivity contribution is -0.137. The van der Waals surface area contributed by atoms with Crippen molar-refractivity contribution in [2.24, 2.45) is 11.3 Å². The van der Waals surface area contributed by atoms with Crippen LogP contribution in [0.2, 0.25) is 0 Å². The van der Waals surface area contributed by atoms with E-state index in [1.807, 2.05) is 35.2 Å². The lowest BCUT2D eigenvalue weighted by Gasteiger charge is -2.42. The molecule has 180 valence electrons. The number of hydrogen-bond acceptors (Lipinski definition) is 5. The largest absolute Gasteiger partial charge is 0.417 e. The number of halogens is 3. The summed E-state index contributed by atoms with van der Waals surface area (Å²) in [6.07, 6.45) is -4.11. The zero-order chi connectivity index (χ0) is 24.8. The van der Waals surface area contributed by atoms with Crippen LogP contribution in [0.3, 0.4) is 0 Å². The number of amides is 1. The van der Waals surface area contributed by atoms with Crippen molar-refractivity contribution in [1.29, 1.82) is 5.26 Å². The summed E-state index contributed by atoms with van der Waals surface area (Å²) in [5, 5.41) is 20.3. The second-order valence-electron chi connectivity index (χ2n) is 9.33. The van der Waals surface area contributed by atoms with E-state index in [1.54, 1.807) is 17.0 Å². The van der Waals surface area contributed by atoms with E-state index >= 15 is 0 Å². The Morgan fingerprint density at radius 2 is 1.97 bits per heavy atom. The summed E-state index contributed by atoms with van der Waals surface area (Å²) in [7, 11) is 0. The predicted molar refractivity (Wildman–Crippen MR) is 124 cm³/mol. The normalized spacial score (nSPS) is 22.2. The number of rotatable bonds is 3. The molecule has 2 aromatic carbocycles. The number of alkyl halides is 3. The second kappa shape index (κ2) is 8.54. The molecule has 2 saturated heterocycles. The molecule has 2 unspecified atom stereocenters. The number of benzene rings is 2. The summed E-state index contributed by atoms with van der Waals surface area (Å²) in [6.45, 7) is 1.48. The Bertz CT molecular complexity index is 1340. The van der Waals surface area contributed by atoms with Crippen molar-refractivity contribution in [3.63, 3.8) is 0 Å². The second-order valence-corrected chi connectivity index (χ2v) is 9.33. The number of piperidine rings is 1. The third kappa shape index (κ3) is 4.08. The van der Waals surface area contributed by atoms with Gasteiger partial charge in [-0.25, -0.2) is 4.98 Å². The van der Waals surface area contributed by atoms with Gasteiger partial charge in [-0.05, 0) is 36.8 Å². The highest BCUT2D eigenvalue weighted by atomic mass is 19.4. The highest BCUT2D eigenvalue weighted by molar-refractivity contribution is 5.95. The molecule has 3 heterocycles. The molecular formula is C26H23F3N4O2. The number of para-hydroxylation sites is 1. The number of carbonyl (C=O) groups is 1. The first-order valence-electron chi connectivity index (χ1n) is 11.4. The van der Waals surface area contributed by atoms with Gasteiger partial charge in [0.2, 0.25) is 0 Å². The first-order chi connectivity index (χ1) is 16.7. The van der Waals surface area contributed by atoms with Gasteiger partial charge in [-0.3, -0.25) is 4.79 Å². The molecule has 0 bridgehead atoms. The van der Waals surface area contributed by atoms with E-state index in [1.165, 1.54) is 12.1 Å². The highest BCUT2D eigenvalue weighted by Crippen LogP contribution is 2.45. The zero-order valence-electron chi connectivity index (χ0n) is 18.8. The molecule has 0 saturated carbocycles. The molecule has 2 atom stereocenters. The summed E-state index contributed by atoms with van der Waals surface area (Å²) >= 11 is 0. The van der Waals surface area contributed by atoms with Crippen LogP contribution in [0.25, 0.3) is 10.9 Å². The van der Waals surface area contributed by atoms with Crippen LogP contribution in [0.1, 0.15) is 28.0 Å². The Balaban J connectivity index is 1.38. The first kappa shape index (κ1) is 23.1. The Hall–Kier alpha value is -3.64. The number of nitriles is 1. The van der Waals surface area contributed by atoms with Gasteiger partial charge >= 0.3 is 6.18 Å². The van der Waals surface area contributed by atoms with E-state index < -0.39 is 22.7 Å². The fourth-order valence-corrected chi connectivity index (χ4v) is 5.33. The number of anilines is 1. The molecule has 3 aromatic rings. The fourth-order valence-electron chi connectivity index (χ4n) is 5.33. The van der Waals surface area contributed by atoms with Gasteiger partial charge in [0, 0.05) is 48.6 Å². The van der Waals surface area contributed by atoms with E-state index in [0.29, 0.717) is 44.0 Å². The molecule has 0 radical (unpaired) electrons. The molecule has 1 N–H and O–H groups in total. The molecular weight excluding hydrogens is 457 g/mol. The summed E-state index contributed by atoms with van der Waals surface area (Å²) in [4.78, 5) is 21.3. The molecule has 1 amide bonds. The highest BCUT2D eigenvalue weighted by Gasteiger charge is 2.50. The van der Waals surface area contributed by atoms with E-state index in [9.17, 15) is 23.1 Å². The van der Waals surface area contributed by atoms with Gasteiger partial charge in [0.15, 0.2) is 0 Å². The van der Waals surface area contributed by atoms with Crippen LogP contribution in [-0.2, 0) is 6.18 Å². The number of carbonyl (C=O) groups excluding carboxylic acids is 1. The van der Waals surface area contributed by atoms with Gasteiger partial charge in [-0.2, -0.15) is 18.4 Å². The summed E-state index contributed by atoms with van der Waals surface area (Å²) < 4.78 is 40.4. The monoisotopic (exact) mass is 480 g/mol. The van der Waals surface area contributed by atoms with Gasteiger partial charge < -0.3 is 14.9 Å². The smallest absolute Gasteiger partial charge is 0.396 e. The Labute approximate surface area is 200 Å². The molecule has 9 heteroatoms. The van der Waals surface area contributed by atoms with Crippen LogP contribution in [0.5, 0.6) is 0 Å². The maximum atomic E-state index is 13.5. The standard InChI is InChI=1S/C26H23F3N4O2/c27-26(28,29)21-11-20(7-5-18(21)12-30)33-14-19-13-32(10-9-25(19,15-33)16-34)24(35)23-8-6-17-3-1-2-4-22(17)31-23/h1-8,11,19,34H,9-10,13-16H2. The van der Waals surface area contributed by atoms with Crippen LogP contribution >= 0.6 is 0 Å². The predicted octanol–water partition coefficient (Wildman–Crippen LogP) is 4.09. The van der Waals surface area contributed by atoms with Crippen molar-refractivity contribution in [2.75, 3.05) is 37.7 Å². The number of aliphatic hydroxyl groups excluding tert-OH is 1. The Kier molecular flexibility index (Phi) is 5.64. The number of fused-ring (bicyclic) bond motifs is 2. The molecule has 5 rings (SSSR count). The van der Waals surface area contributed by atoms with Crippen molar-refractivity contribution in [3.05, 3.63) is 71.4 Å². The van der Waals surface area contributed by atoms with Crippen LogP contribution in [-0.4, -0.2) is 53.7 Å². The Morgan fingerprint density at radius 3 is 2.71 bits per heavy atom. The third-order valence-electron chi connectivity index (χ3n) is 7.35. The van der Waals surface area contributed by atoms with Crippen molar-refractivity contribution in [3.8, 4) is 6.07 Å². The maximum absolute atomic E-state index is 13.5. The van der Waals surface area contributed by atoms with Crippen LogP contribution in [0, 0.1) is 22.7 Å². The Morgan fingerprint density at radius 1 is 1.17 bits per heavy atom. The first-order valence-corrected chi connectivity index (χ1v) is 11.4. The van der Waals surface area contributed by atoms with Gasteiger partial charge in [0.25, 0.3) is 5.91 Å². The number of aromatic nitrogens is 1. The summed E-state index contributed by atoms with van der Waals surface area (Å²) in [6, 6.07) is 16.4. The van der Waals surface area contributed by atoms with Crippen molar-refractivity contribution in [2.45, 2.75) is 12.6 Å². The molecule has 35 heavy (non-hydrogen) atoms. The lowest BCUT2D eigenvalue weighted by atomic mass is 9.73. The van der Waals surface area contributed by atoms with E-state index in [-0.39, 0.29) is 18.4 Å². The van der Waals surface area contributed by atoms with Crippen molar-refractivity contribution >= 4 is 22.5 Å². The average Bonchev–Trinajstić information content (AvgIpc) is 3.26. The summed E-state index contributed by atoms with van der Waals surface area (Å²) in [5.41, 5.74) is -0.475. The maximum Gasteiger partial charge on any atom is 0.417 e. The van der Waals surface area contributed by atoms with Crippen LogP contribution in [0.15, 0.2) is 54.6 Å². The molecule has 0 spiro atoms. The summed E-state index contributed by atoms with van der Waals surface area (Å²) in [5.74, 6) is -0.311. The van der Waals surface area contributed by atoms with Crippen LogP contribution < -0.4 is 4.90 Å². The lowest BCUT2D eigenvalue weighted by Crippen LogP contribution is -2.50. The minimum absolute atomic E-state index is 0.115. The number of hydrogen-bond donors (Lipinski definition) is 1. The minimum Gasteiger partial charge on any atom is -0.396 e. The molecule has 2 fully saturated rings. The average molecular weight is 480 g/mol. The van der Waals surface area contributed by atoms with Gasteiger partial charge in [0.1, 0.15) is 5.69 Å². The fraction of sp³-hybridized carbons (Fsp3) is 0.346. The third-order valence-corrected chi connectivity index (χ3v) is 7.35. The topological polar surface area (TPSA) is 80.5 Å².